The van der Waals surface area contributed by atoms with Gasteiger partial charge < -0.3 is 15.2 Å². The van der Waals surface area contributed by atoms with Crippen molar-refractivity contribution < 1.29 is 14.6 Å². The normalized spacial score (nSPS) is 15.4. The van der Waals surface area contributed by atoms with E-state index < -0.39 is 0 Å². The van der Waals surface area contributed by atoms with Gasteiger partial charge >= 0.3 is 0 Å². The standard InChI is InChI=1S/C15H23NO3/c1-10(9-17)12(3)16-15(18)11(2)13-5-7-14(19-4)8-6-13/h5-8,10-12,17H,9H2,1-4H3,(H,16,18). The fourth-order valence-corrected chi connectivity index (χ4v) is 1.69. The van der Waals surface area contributed by atoms with Gasteiger partial charge in [0.2, 0.25) is 5.91 Å². The number of amides is 1. The molecule has 19 heavy (non-hydrogen) atoms. The molecule has 1 rings (SSSR count). The molecular weight excluding hydrogens is 242 g/mol. The summed E-state index contributed by atoms with van der Waals surface area (Å²) in [6.45, 7) is 5.74. The first-order valence-electron chi connectivity index (χ1n) is 6.54. The molecule has 0 aromatic heterocycles. The van der Waals surface area contributed by atoms with Gasteiger partial charge in [-0.05, 0) is 37.5 Å². The molecule has 0 aliphatic rings. The third-order valence-electron chi connectivity index (χ3n) is 3.52. The number of benzene rings is 1. The van der Waals surface area contributed by atoms with Crippen molar-refractivity contribution >= 4 is 5.91 Å². The summed E-state index contributed by atoms with van der Waals surface area (Å²) in [6.07, 6.45) is 0. The van der Waals surface area contributed by atoms with Crippen molar-refractivity contribution in [3.8, 4) is 5.75 Å². The van der Waals surface area contributed by atoms with Crippen LogP contribution in [0.1, 0.15) is 32.3 Å². The molecule has 1 aromatic rings. The molecule has 0 radical (unpaired) electrons. The lowest BCUT2D eigenvalue weighted by molar-refractivity contribution is -0.123. The van der Waals surface area contributed by atoms with Gasteiger partial charge in [0, 0.05) is 12.6 Å². The molecule has 0 spiro atoms. The SMILES string of the molecule is COc1ccc(C(C)C(=O)NC(C)C(C)CO)cc1. The molecule has 0 aliphatic heterocycles. The summed E-state index contributed by atoms with van der Waals surface area (Å²) in [5, 5.41) is 12.0. The van der Waals surface area contributed by atoms with Gasteiger partial charge in [-0.25, -0.2) is 0 Å². The highest BCUT2D eigenvalue weighted by Gasteiger charge is 2.19. The third-order valence-corrected chi connectivity index (χ3v) is 3.52. The lowest BCUT2D eigenvalue weighted by Gasteiger charge is -2.21. The Hall–Kier alpha value is -1.55. The van der Waals surface area contributed by atoms with Crippen LogP contribution in [0, 0.1) is 5.92 Å². The quantitative estimate of drug-likeness (QED) is 0.826. The van der Waals surface area contributed by atoms with E-state index in [9.17, 15) is 4.79 Å². The molecule has 0 bridgehead atoms. The number of hydrogen-bond acceptors (Lipinski definition) is 3. The molecule has 1 amide bonds. The van der Waals surface area contributed by atoms with Gasteiger partial charge in [0.1, 0.15) is 5.75 Å². The van der Waals surface area contributed by atoms with Crippen LogP contribution >= 0.6 is 0 Å². The second-order valence-corrected chi connectivity index (χ2v) is 4.95. The minimum absolute atomic E-state index is 0.0297. The van der Waals surface area contributed by atoms with Crippen LogP contribution in [0.3, 0.4) is 0 Å². The van der Waals surface area contributed by atoms with Crippen LogP contribution in [0.15, 0.2) is 24.3 Å². The van der Waals surface area contributed by atoms with Gasteiger partial charge in [-0.3, -0.25) is 4.79 Å². The maximum atomic E-state index is 12.1. The second kappa shape index (κ2) is 7.14. The van der Waals surface area contributed by atoms with E-state index >= 15 is 0 Å². The van der Waals surface area contributed by atoms with E-state index in [1.807, 2.05) is 45.0 Å². The molecule has 3 atom stereocenters. The Labute approximate surface area is 114 Å². The number of hydrogen-bond donors (Lipinski definition) is 2. The maximum Gasteiger partial charge on any atom is 0.227 e. The summed E-state index contributed by atoms with van der Waals surface area (Å²) >= 11 is 0. The molecule has 0 saturated heterocycles. The molecule has 0 saturated carbocycles. The Morgan fingerprint density at radius 2 is 1.84 bits per heavy atom. The van der Waals surface area contributed by atoms with Crippen molar-refractivity contribution in [2.45, 2.75) is 32.7 Å². The topological polar surface area (TPSA) is 58.6 Å². The molecule has 106 valence electrons. The molecule has 0 heterocycles. The second-order valence-electron chi connectivity index (χ2n) is 4.95. The first-order valence-corrected chi connectivity index (χ1v) is 6.54. The number of methoxy groups -OCH3 is 1. The molecule has 4 nitrogen and oxygen atoms in total. The molecule has 1 aromatic carbocycles. The number of carbonyl (C=O) groups is 1. The van der Waals surface area contributed by atoms with Crippen LogP contribution in [-0.2, 0) is 4.79 Å². The van der Waals surface area contributed by atoms with Crippen molar-refractivity contribution in [3.05, 3.63) is 29.8 Å². The van der Waals surface area contributed by atoms with Crippen molar-refractivity contribution in [3.63, 3.8) is 0 Å². The maximum absolute atomic E-state index is 12.1. The molecule has 4 heteroatoms. The monoisotopic (exact) mass is 265 g/mol. The number of aliphatic hydroxyl groups is 1. The van der Waals surface area contributed by atoms with Gasteiger partial charge in [-0.1, -0.05) is 19.1 Å². The van der Waals surface area contributed by atoms with Gasteiger partial charge in [0.15, 0.2) is 0 Å². The predicted octanol–water partition coefficient (Wildman–Crippen LogP) is 1.93. The lowest BCUT2D eigenvalue weighted by Crippen LogP contribution is -2.40. The molecule has 0 aliphatic carbocycles. The van der Waals surface area contributed by atoms with Crippen molar-refractivity contribution in [2.24, 2.45) is 5.92 Å². The zero-order valence-electron chi connectivity index (χ0n) is 12.0. The van der Waals surface area contributed by atoms with Crippen molar-refractivity contribution in [2.75, 3.05) is 13.7 Å². The smallest absolute Gasteiger partial charge is 0.227 e. The molecule has 2 N–H and O–H groups in total. The van der Waals surface area contributed by atoms with E-state index in [1.165, 1.54) is 0 Å². The Morgan fingerprint density at radius 1 is 1.26 bits per heavy atom. The van der Waals surface area contributed by atoms with E-state index in [2.05, 4.69) is 5.32 Å². The van der Waals surface area contributed by atoms with Gasteiger partial charge in [-0.15, -0.1) is 0 Å². The Bertz CT molecular complexity index is 402. The number of nitrogens with one attached hydrogen (secondary N) is 1. The number of carbonyl (C=O) groups excluding carboxylic acids is 1. The summed E-state index contributed by atoms with van der Waals surface area (Å²) in [6, 6.07) is 7.43. The van der Waals surface area contributed by atoms with E-state index in [4.69, 9.17) is 9.84 Å². The molecule has 3 unspecified atom stereocenters. The lowest BCUT2D eigenvalue weighted by atomic mass is 9.98. The predicted molar refractivity (Wildman–Crippen MR) is 75.3 cm³/mol. The van der Waals surface area contributed by atoms with E-state index in [-0.39, 0.29) is 30.4 Å². The summed E-state index contributed by atoms with van der Waals surface area (Å²) in [5.41, 5.74) is 0.946. The average molecular weight is 265 g/mol. The first kappa shape index (κ1) is 15.5. The van der Waals surface area contributed by atoms with Gasteiger partial charge in [-0.2, -0.15) is 0 Å². The average Bonchev–Trinajstić information content (AvgIpc) is 2.45. The number of aliphatic hydroxyl groups excluding tert-OH is 1. The van der Waals surface area contributed by atoms with Crippen LogP contribution in [0.5, 0.6) is 5.75 Å². The first-order chi connectivity index (χ1) is 8.99. The fourth-order valence-electron chi connectivity index (χ4n) is 1.69. The van der Waals surface area contributed by atoms with E-state index in [0.29, 0.717) is 0 Å². The summed E-state index contributed by atoms with van der Waals surface area (Å²) < 4.78 is 5.09. The minimum atomic E-state index is -0.223. The van der Waals surface area contributed by atoms with Gasteiger partial charge in [0.05, 0.1) is 13.0 Å². The molecular formula is C15H23NO3. The van der Waals surface area contributed by atoms with Crippen LogP contribution in [0.25, 0.3) is 0 Å². The highest BCUT2D eigenvalue weighted by Crippen LogP contribution is 2.19. The summed E-state index contributed by atoms with van der Waals surface area (Å²) in [5.74, 6) is 0.572. The van der Waals surface area contributed by atoms with E-state index in [1.54, 1.807) is 7.11 Å². The minimum Gasteiger partial charge on any atom is -0.497 e. The van der Waals surface area contributed by atoms with Crippen LogP contribution < -0.4 is 10.1 Å². The number of ether oxygens (including phenoxy) is 1. The zero-order chi connectivity index (χ0) is 14.4. The Kier molecular flexibility index (Phi) is 5.83. The van der Waals surface area contributed by atoms with Crippen LogP contribution in [0.4, 0.5) is 0 Å². The van der Waals surface area contributed by atoms with Gasteiger partial charge in [0.25, 0.3) is 0 Å². The summed E-state index contributed by atoms with van der Waals surface area (Å²) in [7, 11) is 1.61. The Balaban J connectivity index is 2.65. The Morgan fingerprint density at radius 3 is 2.32 bits per heavy atom. The van der Waals surface area contributed by atoms with Crippen molar-refractivity contribution in [1.82, 2.24) is 5.32 Å². The highest BCUT2D eigenvalue weighted by molar-refractivity contribution is 5.83. The molecule has 0 fully saturated rings. The van der Waals surface area contributed by atoms with Crippen molar-refractivity contribution in [1.29, 1.82) is 0 Å². The van der Waals surface area contributed by atoms with Crippen LogP contribution in [0.2, 0.25) is 0 Å². The highest BCUT2D eigenvalue weighted by atomic mass is 16.5. The fraction of sp³-hybridized carbons (Fsp3) is 0.533. The van der Waals surface area contributed by atoms with E-state index in [0.717, 1.165) is 11.3 Å². The van der Waals surface area contributed by atoms with Crippen LogP contribution in [-0.4, -0.2) is 30.8 Å². The number of rotatable bonds is 6. The largest absolute Gasteiger partial charge is 0.497 e. The third kappa shape index (κ3) is 4.24. The summed E-state index contributed by atoms with van der Waals surface area (Å²) in [4.78, 5) is 12.1. The zero-order valence-corrected chi connectivity index (χ0v) is 12.0.